The van der Waals surface area contributed by atoms with E-state index in [2.05, 4.69) is 13.0 Å². The molecule has 0 radical (unpaired) electrons. The highest BCUT2D eigenvalue weighted by atomic mass is 32.2. The minimum Gasteiger partial charge on any atom is -0.462 e. The molecule has 0 aliphatic rings. The van der Waals surface area contributed by atoms with Crippen LogP contribution >= 0.6 is 34.9 Å². The van der Waals surface area contributed by atoms with Crippen LogP contribution in [0, 0.1) is 0 Å². The zero-order valence-corrected chi connectivity index (χ0v) is 19.2. The first-order valence-corrected chi connectivity index (χ1v) is 12.8. The number of carbonyl (C=O) groups excluding carboxylic acids is 1. The van der Waals surface area contributed by atoms with Gasteiger partial charge in [0.15, 0.2) is 0 Å². The number of benzene rings is 1. The van der Waals surface area contributed by atoms with E-state index in [1.54, 1.807) is 23.1 Å². The SMILES string of the molecule is CCCCSCSc1nc(-c2cccs2)cc(-c2ccccc2)c1C(=O)OCC. The molecule has 152 valence electrons. The van der Waals surface area contributed by atoms with Gasteiger partial charge < -0.3 is 4.74 Å². The van der Waals surface area contributed by atoms with Gasteiger partial charge in [-0.05, 0) is 42.2 Å². The highest BCUT2D eigenvalue weighted by molar-refractivity contribution is 8.16. The van der Waals surface area contributed by atoms with Gasteiger partial charge in [0.2, 0.25) is 0 Å². The molecular weight excluding hydrogens is 418 g/mol. The fraction of sp³-hybridized carbons (Fsp3) is 0.304. The maximum Gasteiger partial charge on any atom is 0.341 e. The minimum atomic E-state index is -0.308. The molecule has 3 rings (SSSR count). The summed E-state index contributed by atoms with van der Waals surface area (Å²) in [6.07, 6.45) is 2.39. The van der Waals surface area contributed by atoms with Crippen molar-refractivity contribution in [1.82, 2.24) is 4.98 Å². The van der Waals surface area contributed by atoms with Crippen molar-refractivity contribution in [2.45, 2.75) is 31.7 Å². The first-order chi connectivity index (χ1) is 14.2. The fourth-order valence-corrected chi connectivity index (χ4v) is 5.76. The van der Waals surface area contributed by atoms with E-state index in [-0.39, 0.29) is 5.97 Å². The molecule has 0 unspecified atom stereocenters. The summed E-state index contributed by atoms with van der Waals surface area (Å²) in [7, 11) is 0. The zero-order valence-electron chi connectivity index (χ0n) is 16.7. The average molecular weight is 444 g/mol. The molecule has 1 aromatic carbocycles. The van der Waals surface area contributed by atoms with Crippen LogP contribution in [0.15, 0.2) is 58.9 Å². The number of esters is 1. The van der Waals surface area contributed by atoms with Crippen LogP contribution in [0.2, 0.25) is 0 Å². The monoisotopic (exact) mass is 443 g/mol. The van der Waals surface area contributed by atoms with Gasteiger partial charge in [-0.2, -0.15) is 11.8 Å². The highest BCUT2D eigenvalue weighted by Crippen LogP contribution is 2.37. The number of thiophene rings is 1. The number of rotatable bonds is 10. The lowest BCUT2D eigenvalue weighted by molar-refractivity contribution is 0.0522. The van der Waals surface area contributed by atoms with E-state index in [9.17, 15) is 4.79 Å². The van der Waals surface area contributed by atoms with Crippen LogP contribution in [0.5, 0.6) is 0 Å². The van der Waals surface area contributed by atoms with Crippen LogP contribution in [0.4, 0.5) is 0 Å². The maximum atomic E-state index is 12.9. The summed E-state index contributed by atoms with van der Waals surface area (Å²) in [5.74, 6) is 0.812. The topological polar surface area (TPSA) is 39.2 Å². The normalized spacial score (nSPS) is 10.8. The smallest absolute Gasteiger partial charge is 0.341 e. The van der Waals surface area contributed by atoms with Crippen LogP contribution in [0.25, 0.3) is 21.7 Å². The molecule has 2 aromatic heterocycles. The quantitative estimate of drug-likeness (QED) is 0.143. The van der Waals surface area contributed by atoms with Crippen molar-refractivity contribution < 1.29 is 9.53 Å². The second kappa shape index (κ2) is 11.4. The third-order valence-electron chi connectivity index (χ3n) is 4.25. The number of unbranched alkanes of at least 4 members (excludes halogenated alkanes) is 1. The van der Waals surface area contributed by atoms with E-state index in [1.807, 2.05) is 66.5 Å². The summed E-state index contributed by atoms with van der Waals surface area (Å²) in [5.41, 5.74) is 3.34. The van der Waals surface area contributed by atoms with E-state index >= 15 is 0 Å². The Labute approximate surface area is 185 Å². The van der Waals surface area contributed by atoms with Crippen molar-refractivity contribution in [2.75, 3.05) is 17.4 Å². The van der Waals surface area contributed by atoms with Gasteiger partial charge >= 0.3 is 5.97 Å². The van der Waals surface area contributed by atoms with E-state index < -0.39 is 0 Å². The second-order valence-corrected chi connectivity index (χ2v) is 9.71. The van der Waals surface area contributed by atoms with E-state index in [0.717, 1.165) is 37.6 Å². The third-order valence-corrected chi connectivity index (χ3v) is 7.42. The summed E-state index contributed by atoms with van der Waals surface area (Å²) in [4.78, 5) is 18.9. The molecule has 0 saturated carbocycles. The number of hydrogen-bond acceptors (Lipinski definition) is 6. The average Bonchev–Trinajstić information content (AvgIpc) is 3.29. The van der Waals surface area contributed by atoms with E-state index in [1.165, 1.54) is 12.8 Å². The van der Waals surface area contributed by atoms with Gasteiger partial charge in [0.1, 0.15) is 5.03 Å². The van der Waals surface area contributed by atoms with Crippen molar-refractivity contribution >= 4 is 40.8 Å². The Bertz CT molecular complexity index is 911. The van der Waals surface area contributed by atoms with Crippen LogP contribution < -0.4 is 0 Å². The summed E-state index contributed by atoms with van der Waals surface area (Å²) >= 11 is 5.17. The summed E-state index contributed by atoms with van der Waals surface area (Å²) in [5, 5.41) is 3.66. The van der Waals surface area contributed by atoms with Gasteiger partial charge in [0.25, 0.3) is 0 Å². The Morgan fingerprint density at radius 1 is 1.14 bits per heavy atom. The summed E-state index contributed by atoms with van der Waals surface area (Å²) < 4.78 is 5.41. The van der Waals surface area contributed by atoms with Gasteiger partial charge in [0.05, 0.1) is 22.7 Å². The molecule has 3 aromatic rings. The number of thioether (sulfide) groups is 2. The minimum absolute atomic E-state index is 0.308. The number of nitrogens with zero attached hydrogens (tertiary/aromatic N) is 1. The Morgan fingerprint density at radius 2 is 1.97 bits per heavy atom. The van der Waals surface area contributed by atoms with Crippen LogP contribution in [-0.2, 0) is 4.74 Å². The molecule has 0 fully saturated rings. The van der Waals surface area contributed by atoms with Gasteiger partial charge in [-0.25, -0.2) is 9.78 Å². The number of carbonyl (C=O) groups is 1. The molecule has 29 heavy (non-hydrogen) atoms. The first kappa shape index (κ1) is 21.9. The lowest BCUT2D eigenvalue weighted by atomic mass is 10.00. The number of hydrogen-bond donors (Lipinski definition) is 0. The van der Waals surface area contributed by atoms with Gasteiger partial charge in [-0.3, -0.25) is 0 Å². The summed E-state index contributed by atoms with van der Waals surface area (Å²) in [6, 6.07) is 16.1. The predicted molar refractivity (Wildman–Crippen MR) is 127 cm³/mol. The zero-order chi connectivity index (χ0) is 20.5. The van der Waals surface area contributed by atoms with Gasteiger partial charge in [0, 0.05) is 10.6 Å². The molecule has 0 amide bonds. The standard InChI is InChI=1S/C23H25NO2S3/c1-3-5-13-27-16-29-22-21(23(25)26-4-2)18(17-10-7-6-8-11-17)15-19(24-22)20-12-9-14-28-20/h6-12,14-15H,3-5,13,16H2,1-2H3. The number of pyridine rings is 1. The van der Waals surface area contributed by atoms with Crippen LogP contribution in [0.1, 0.15) is 37.0 Å². The molecule has 6 heteroatoms. The van der Waals surface area contributed by atoms with Crippen molar-refractivity contribution in [3.63, 3.8) is 0 Å². The van der Waals surface area contributed by atoms with Crippen molar-refractivity contribution in [3.05, 3.63) is 59.5 Å². The molecule has 0 N–H and O–H groups in total. The highest BCUT2D eigenvalue weighted by Gasteiger charge is 2.22. The molecule has 0 bridgehead atoms. The van der Waals surface area contributed by atoms with Gasteiger partial charge in [-0.1, -0.05) is 61.5 Å². The van der Waals surface area contributed by atoms with Crippen LogP contribution in [0.3, 0.4) is 0 Å². The third kappa shape index (κ3) is 5.87. The Hall–Kier alpha value is -1.76. The van der Waals surface area contributed by atoms with Gasteiger partial charge in [-0.15, -0.1) is 11.3 Å². The lowest BCUT2D eigenvalue weighted by Gasteiger charge is -2.15. The number of ether oxygens (including phenoxy) is 1. The Morgan fingerprint density at radius 3 is 2.66 bits per heavy atom. The molecule has 0 saturated heterocycles. The Balaban J connectivity index is 2.06. The largest absolute Gasteiger partial charge is 0.462 e. The van der Waals surface area contributed by atoms with Crippen LogP contribution in [-0.4, -0.2) is 28.4 Å². The van der Waals surface area contributed by atoms with E-state index in [4.69, 9.17) is 9.72 Å². The predicted octanol–water partition coefficient (Wildman–Crippen LogP) is 7.24. The maximum absolute atomic E-state index is 12.9. The molecule has 3 nitrogen and oxygen atoms in total. The summed E-state index contributed by atoms with van der Waals surface area (Å²) in [6.45, 7) is 4.38. The molecule has 0 aliphatic heterocycles. The second-order valence-electron chi connectivity index (χ2n) is 6.32. The van der Waals surface area contributed by atoms with Crippen molar-refractivity contribution in [1.29, 1.82) is 0 Å². The van der Waals surface area contributed by atoms with Crippen molar-refractivity contribution in [2.24, 2.45) is 0 Å². The molecule has 0 spiro atoms. The Kier molecular flexibility index (Phi) is 8.65. The molecule has 0 aliphatic carbocycles. The first-order valence-electron chi connectivity index (χ1n) is 9.76. The van der Waals surface area contributed by atoms with Crippen molar-refractivity contribution in [3.8, 4) is 21.7 Å². The lowest BCUT2D eigenvalue weighted by Crippen LogP contribution is -2.10. The molecule has 2 heterocycles. The molecular formula is C23H25NO2S3. The fourth-order valence-electron chi connectivity index (χ4n) is 2.83. The van der Waals surface area contributed by atoms with E-state index in [0.29, 0.717) is 12.2 Å². The molecule has 0 atom stereocenters. The number of aromatic nitrogens is 1.